The van der Waals surface area contributed by atoms with Crippen molar-refractivity contribution in [2.24, 2.45) is 0 Å². The van der Waals surface area contributed by atoms with Crippen LogP contribution in [0, 0.1) is 6.92 Å². The van der Waals surface area contributed by atoms with E-state index in [0.29, 0.717) is 35.4 Å². The number of nitrogens with zero attached hydrogens (tertiary/aromatic N) is 2. The summed E-state index contributed by atoms with van der Waals surface area (Å²) in [5, 5.41) is 10.4. The van der Waals surface area contributed by atoms with Crippen molar-refractivity contribution in [3.63, 3.8) is 0 Å². The number of benzene rings is 1. The summed E-state index contributed by atoms with van der Waals surface area (Å²) in [6.07, 6.45) is 0. The highest BCUT2D eigenvalue weighted by molar-refractivity contribution is 6.07. The Morgan fingerprint density at radius 1 is 1.30 bits per heavy atom. The molecule has 0 unspecified atom stereocenters. The first-order valence-corrected chi connectivity index (χ1v) is 7.84. The van der Waals surface area contributed by atoms with Gasteiger partial charge in [0.1, 0.15) is 17.1 Å². The lowest BCUT2D eigenvalue weighted by molar-refractivity contribution is 0.0648. The second-order valence-corrected chi connectivity index (χ2v) is 6.24. The molecule has 1 amide bonds. The van der Waals surface area contributed by atoms with E-state index in [2.05, 4.69) is 11.5 Å². The summed E-state index contributed by atoms with van der Waals surface area (Å²) < 4.78 is 5.66. The van der Waals surface area contributed by atoms with Crippen LogP contribution in [0.25, 0.3) is 11.0 Å². The van der Waals surface area contributed by atoms with Gasteiger partial charge in [0.2, 0.25) is 0 Å². The van der Waals surface area contributed by atoms with Crippen LogP contribution in [0.2, 0.25) is 0 Å². The Morgan fingerprint density at radius 3 is 2.65 bits per heavy atom. The average molecular weight is 314 g/mol. The fraction of sp³-hybridized carbons (Fsp3) is 0.389. The molecule has 23 heavy (non-hydrogen) atoms. The third kappa shape index (κ3) is 3.10. The van der Waals surface area contributed by atoms with E-state index in [1.807, 2.05) is 11.8 Å². The summed E-state index contributed by atoms with van der Waals surface area (Å²) in [7, 11) is 0. The van der Waals surface area contributed by atoms with E-state index >= 15 is 0 Å². The van der Waals surface area contributed by atoms with E-state index in [1.54, 1.807) is 25.1 Å². The van der Waals surface area contributed by atoms with Crippen LogP contribution in [-0.4, -0.2) is 53.5 Å². The monoisotopic (exact) mass is 314 g/mol. The minimum absolute atomic E-state index is 0.0261. The van der Waals surface area contributed by atoms with E-state index in [4.69, 9.17) is 4.42 Å². The van der Waals surface area contributed by atoms with Crippen molar-refractivity contribution < 1.29 is 14.3 Å². The third-order valence-corrected chi connectivity index (χ3v) is 4.21. The number of hydrogen-bond acceptors (Lipinski definition) is 4. The summed E-state index contributed by atoms with van der Waals surface area (Å²) in [6, 6.07) is 4.85. The number of carbonyl (C=O) groups is 1. The van der Waals surface area contributed by atoms with Crippen molar-refractivity contribution in [2.75, 3.05) is 32.7 Å². The summed E-state index contributed by atoms with van der Waals surface area (Å²) in [4.78, 5) is 17.0. The summed E-state index contributed by atoms with van der Waals surface area (Å²) >= 11 is 0. The SMILES string of the molecule is C=C(C)CN1CCN(C(=O)c2c(C)oc3ccc(O)cc23)CC1. The molecule has 1 aromatic carbocycles. The number of aromatic hydroxyl groups is 1. The number of amides is 1. The molecule has 2 aromatic rings. The molecule has 0 spiro atoms. The van der Waals surface area contributed by atoms with Gasteiger partial charge in [0, 0.05) is 38.1 Å². The van der Waals surface area contributed by atoms with Crippen molar-refractivity contribution in [3.8, 4) is 5.75 Å². The molecule has 0 saturated carbocycles. The van der Waals surface area contributed by atoms with Gasteiger partial charge in [-0.05, 0) is 32.0 Å². The zero-order chi connectivity index (χ0) is 16.6. The van der Waals surface area contributed by atoms with Crippen LogP contribution < -0.4 is 0 Å². The minimum Gasteiger partial charge on any atom is -0.508 e. The maximum atomic E-state index is 12.9. The molecule has 1 aromatic heterocycles. The molecule has 1 aliphatic rings. The highest BCUT2D eigenvalue weighted by Gasteiger charge is 2.26. The number of aryl methyl sites for hydroxylation is 1. The Bertz CT molecular complexity index is 755. The number of phenols is 1. The molecular formula is C18H22N2O3. The van der Waals surface area contributed by atoms with Gasteiger partial charge in [0.15, 0.2) is 0 Å². The lowest BCUT2D eigenvalue weighted by Gasteiger charge is -2.34. The molecule has 122 valence electrons. The third-order valence-electron chi connectivity index (χ3n) is 4.21. The predicted molar refractivity (Wildman–Crippen MR) is 89.8 cm³/mol. The molecule has 0 radical (unpaired) electrons. The fourth-order valence-corrected chi connectivity index (χ4v) is 3.12. The average Bonchev–Trinajstić information content (AvgIpc) is 2.82. The molecule has 1 saturated heterocycles. The first-order chi connectivity index (χ1) is 11.0. The van der Waals surface area contributed by atoms with Gasteiger partial charge in [0.25, 0.3) is 5.91 Å². The Labute approximate surface area is 135 Å². The molecule has 0 atom stereocenters. The standard InChI is InChI=1S/C18H22N2O3/c1-12(2)11-19-6-8-20(9-7-19)18(22)17-13(3)23-16-5-4-14(21)10-15(16)17/h4-5,10,21H,1,6-9,11H2,2-3H3. The Kier molecular flexibility index (Phi) is 4.13. The normalized spacial score (nSPS) is 16.0. The number of furan rings is 1. The maximum absolute atomic E-state index is 12.9. The van der Waals surface area contributed by atoms with Crippen LogP contribution in [0.1, 0.15) is 23.0 Å². The van der Waals surface area contributed by atoms with Crippen molar-refractivity contribution in [1.29, 1.82) is 0 Å². The first-order valence-electron chi connectivity index (χ1n) is 7.84. The molecule has 0 aliphatic carbocycles. The van der Waals surface area contributed by atoms with E-state index in [1.165, 1.54) is 0 Å². The first kappa shape index (κ1) is 15.6. The Morgan fingerprint density at radius 2 is 2.00 bits per heavy atom. The molecule has 5 heteroatoms. The number of fused-ring (bicyclic) bond motifs is 1. The molecule has 1 aliphatic heterocycles. The lowest BCUT2D eigenvalue weighted by atomic mass is 10.1. The second kappa shape index (κ2) is 6.08. The summed E-state index contributed by atoms with van der Waals surface area (Å²) in [6.45, 7) is 11.7. The predicted octanol–water partition coefficient (Wildman–Crippen LogP) is 2.78. The van der Waals surface area contributed by atoms with E-state index < -0.39 is 0 Å². The van der Waals surface area contributed by atoms with Crippen molar-refractivity contribution in [1.82, 2.24) is 9.80 Å². The highest BCUT2D eigenvalue weighted by Crippen LogP contribution is 2.29. The van der Waals surface area contributed by atoms with Gasteiger partial charge in [-0.1, -0.05) is 12.2 Å². The molecule has 5 nitrogen and oxygen atoms in total. The topological polar surface area (TPSA) is 56.9 Å². The number of piperazine rings is 1. The van der Waals surface area contributed by atoms with Gasteiger partial charge in [-0.15, -0.1) is 0 Å². The number of carbonyl (C=O) groups excluding carboxylic acids is 1. The van der Waals surface area contributed by atoms with Crippen LogP contribution in [0.5, 0.6) is 5.75 Å². The minimum atomic E-state index is -0.0261. The molecule has 0 bridgehead atoms. The van der Waals surface area contributed by atoms with Gasteiger partial charge in [-0.2, -0.15) is 0 Å². The van der Waals surface area contributed by atoms with Crippen LogP contribution in [0.3, 0.4) is 0 Å². The molecule has 3 rings (SSSR count). The lowest BCUT2D eigenvalue weighted by Crippen LogP contribution is -2.49. The molecule has 2 heterocycles. The van der Waals surface area contributed by atoms with Crippen LogP contribution in [0.15, 0.2) is 34.8 Å². The number of hydrogen-bond donors (Lipinski definition) is 1. The zero-order valence-corrected chi connectivity index (χ0v) is 13.6. The van der Waals surface area contributed by atoms with Gasteiger partial charge in [0.05, 0.1) is 5.56 Å². The maximum Gasteiger partial charge on any atom is 0.258 e. The van der Waals surface area contributed by atoms with Gasteiger partial charge in [-0.25, -0.2) is 0 Å². The highest BCUT2D eigenvalue weighted by atomic mass is 16.3. The summed E-state index contributed by atoms with van der Waals surface area (Å²) in [5.41, 5.74) is 2.32. The van der Waals surface area contributed by atoms with Crippen LogP contribution in [0.4, 0.5) is 0 Å². The summed E-state index contributed by atoms with van der Waals surface area (Å²) in [5.74, 6) is 0.709. The fourth-order valence-electron chi connectivity index (χ4n) is 3.12. The quantitative estimate of drug-likeness (QED) is 0.885. The number of rotatable bonds is 3. The van der Waals surface area contributed by atoms with Gasteiger partial charge in [-0.3, -0.25) is 9.69 Å². The van der Waals surface area contributed by atoms with Crippen molar-refractivity contribution >= 4 is 16.9 Å². The largest absolute Gasteiger partial charge is 0.508 e. The number of phenolic OH excluding ortho intramolecular Hbond substituents is 1. The van der Waals surface area contributed by atoms with E-state index in [9.17, 15) is 9.90 Å². The van der Waals surface area contributed by atoms with Crippen LogP contribution in [-0.2, 0) is 0 Å². The second-order valence-electron chi connectivity index (χ2n) is 6.24. The Hall–Kier alpha value is -2.27. The van der Waals surface area contributed by atoms with Crippen molar-refractivity contribution in [3.05, 3.63) is 41.7 Å². The van der Waals surface area contributed by atoms with Gasteiger partial charge >= 0.3 is 0 Å². The van der Waals surface area contributed by atoms with Crippen molar-refractivity contribution in [2.45, 2.75) is 13.8 Å². The Balaban J connectivity index is 1.80. The van der Waals surface area contributed by atoms with Crippen LogP contribution >= 0.6 is 0 Å². The zero-order valence-electron chi connectivity index (χ0n) is 13.6. The smallest absolute Gasteiger partial charge is 0.258 e. The van der Waals surface area contributed by atoms with E-state index in [-0.39, 0.29) is 11.7 Å². The molecule has 1 N–H and O–H groups in total. The molecule has 1 fully saturated rings. The van der Waals surface area contributed by atoms with Gasteiger partial charge < -0.3 is 14.4 Å². The van der Waals surface area contributed by atoms with E-state index in [0.717, 1.165) is 25.2 Å². The molecular weight excluding hydrogens is 292 g/mol.